The normalized spacial score (nSPS) is 25.5. The molecule has 1 aromatic rings. The number of nitrogens with zero attached hydrogens (tertiary/aromatic N) is 1. The van der Waals surface area contributed by atoms with Crippen molar-refractivity contribution in [3.05, 3.63) is 23.7 Å². The number of likely N-dealkylation sites (tertiary alicyclic amines) is 1. The van der Waals surface area contributed by atoms with Crippen LogP contribution in [0.3, 0.4) is 0 Å². The summed E-state index contributed by atoms with van der Waals surface area (Å²) in [6.45, 7) is 7.88. The van der Waals surface area contributed by atoms with Gasteiger partial charge in [0.2, 0.25) is 5.91 Å². The van der Waals surface area contributed by atoms with Gasteiger partial charge in [0.05, 0.1) is 0 Å². The quantitative estimate of drug-likeness (QED) is 0.839. The van der Waals surface area contributed by atoms with Crippen molar-refractivity contribution in [2.24, 2.45) is 5.92 Å². The Balaban J connectivity index is 1.36. The number of nitrogens with one attached hydrogen (secondary N) is 1. The molecule has 0 unspecified atom stereocenters. The monoisotopic (exact) mass is 318 g/mol. The zero-order valence-corrected chi connectivity index (χ0v) is 14.5. The molecule has 2 heterocycles. The van der Waals surface area contributed by atoms with Crippen LogP contribution in [0.5, 0.6) is 0 Å². The molecular formula is C19H30N2O2. The molecule has 1 aliphatic carbocycles. The minimum Gasteiger partial charge on any atom is -0.466 e. The summed E-state index contributed by atoms with van der Waals surface area (Å²) in [6.07, 6.45) is 5.85. The van der Waals surface area contributed by atoms with Crippen LogP contribution in [0.4, 0.5) is 0 Å². The Labute approximate surface area is 139 Å². The molecule has 0 radical (unpaired) electrons. The number of hydrogen-bond acceptors (Lipinski definition) is 3. The summed E-state index contributed by atoms with van der Waals surface area (Å²) in [5.74, 6) is 3.60. The Morgan fingerprint density at radius 2 is 2.09 bits per heavy atom. The Morgan fingerprint density at radius 1 is 1.35 bits per heavy atom. The number of amides is 1. The Kier molecular flexibility index (Phi) is 5.42. The Morgan fingerprint density at radius 3 is 2.74 bits per heavy atom. The summed E-state index contributed by atoms with van der Waals surface area (Å²) in [5, 5.41) is 3.19. The minimum absolute atomic E-state index is 0.164. The summed E-state index contributed by atoms with van der Waals surface area (Å²) in [4.78, 5) is 14.6. The van der Waals surface area contributed by atoms with Gasteiger partial charge in [0.1, 0.15) is 11.5 Å². The van der Waals surface area contributed by atoms with E-state index in [0.29, 0.717) is 24.8 Å². The van der Waals surface area contributed by atoms with E-state index in [1.165, 1.54) is 19.4 Å². The molecule has 1 aliphatic heterocycles. The van der Waals surface area contributed by atoms with E-state index in [-0.39, 0.29) is 5.91 Å². The molecule has 23 heavy (non-hydrogen) atoms. The second-order valence-electron chi connectivity index (χ2n) is 7.31. The van der Waals surface area contributed by atoms with E-state index in [1.54, 1.807) is 0 Å². The zero-order chi connectivity index (χ0) is 16.2. The van der Waals surface area contributed by atoms with E-state index in [9.17, 15) is 4.79 Å². The Hall–Kier alpha value is -1.29. The van der Waals surface area contributed by atoms with Crippen LogP contribution in [0.15, 0.2) is 16.5 Å². The molecule has 4 nitrogen and oxygen atoms in total. The van der Waals surface area contributed by atoms with Gasteiger partial charge >= 0.3 is 0 Å². The van der Waals surface area contributed by atoms with Gasteiger partial charge in [-0.05, 0) is 50.3 Å². The molecule has 3 rings (SSSR count). The predicted molar refractivity (Wildman–Crippen MR) is 91.4 cm³/mol. The third-order valence-corrected chi connectivity index (χ3v) is 5.25. The number of aryl methyl sites for hydroxylation is 1. The smallest absolute Gasteiger partial charge is 0.220 e. The third-order valence-electron chi connectivity index (χ3n) is 5.25. The van der Waals surface area contributed by atoms with Gasteiger partial charge in [0.15, 0.2) is 0 Å². The molecular weight excluding hydrogens is 288 g/mol. The largest absolute Gasteiger partial charge is 0.466 e. The van der Waals surface area contributed by atoms with E-state index >= 15 is 0 Å². The molecule has 1 amide bonds. The molecule has 1 saturated heterocycles. The zero-order valence-electron chi connectivity index (χ0n) is 14.5. The topological polar surface area (TPSA) is 45.5 Å². The summed E-state index contributed by atoms with van der Waals surface area (Å²) >= 11 is 0. The summed E-state index contributed by atoms with van der Waals surface area (Å²) in [6, 6.07) is 4.48. The molecule has 2 fully saturated rings. The fourth-order valence-electron chi connectivity index (χ4n) is 3.60. The van der Waals surface area contributed by atoms with E-state index in [0.717, 1.165) is 43.4 Å². The van der Waals surface area contributed by atoms with E-state index in [1.807, 2.05) is 6.07 Å². The highest BCUT2D eigenvalue weighted by Gasteiger charge is 2.36. The summed E-state index contributed by atoms with van der Waals surface area (Å²) in [5.41, 5.74) is 0. The Bertz CT molecular complexity index is 517. The number of carbonyl (C=O) groups is 1. The van der Waals surface area contributed by atoms with Gasteiger partial charge < -0.3 is 14.6 Å². The fraction of sp³-hybridized carbons (Fsp3) is 0.737. The molecule has 1 saturated carbocycles. The molecule has 128 valence electrons. The molecule has 1 N–H and O–H groups in total. The van der Waals surface area contributed by atoms with Crippen LogP contribution in [-0.2, 0) is 11.2 Å². The van der Waals surface area contributed by atoms with Crippen LogP contribution in [0.25, 0.3) is 0 Å². The first kappa shape index (κ1) is 16.6. The average Bonchev–Trinajstić information content (AvgIpc) is 3.09. The standard InChI is InChI=1S/C19H30N2O2/c1-3-10-21-11-8-15(9-12-21)20-19(22)7-5-16-4-6-18(23-16)17-13-14(17)2/h4,6,14-15,17H,3,5,7-13H2,1-2H3,(H,20,22)/t14-,17-/m0/s1. The fourth-order valence-corrected chi connectivity index (χ4v) is 3.60. The highest BCUT2D eigenvalue weighted by atomic mass is 16.3. The molecule has 2 aliphatic rings. The van der Waals surface area contributed by atoms with Crippen LogP contribution in [0, 0.1) is 5.92 Å². The lowest BCUT2D eigenvalue weighted by Crippen LogP contribution is -2.44. The maximum absolute atomic E-state index is 12.1. The van der Waals surface area contributed by atoms with E-state index < -0.39 is 0 Å². The first-order valence-corrected chi connectivity index (χ1v) is 9.26. The maximum Gasteiger partial charge on any atom is 0.220 e. The molecule has 0 bridgehead atoms. The second-order valence-corrected chi connectivity index (χ2v) is 7.31. The lowest BCUT2D eigenvalue weighted by molar-refractivity contribution is -0.122. The van der Waals surface area contributed by atoms with Gasteiger partial charge in [-0.15, -0.1) is 0 Å². The van der Waals surface area contributed by atoms with Gasteiger partial charge in [0.25, 0.3) is 0 Å². The van der Waals surface area contributed by atoms with Gasteiger partial charge in [-0.1, -0.05) is 13.8 Å². The highest BCUT2D eigenvalue weighted by Crippen LogP contribution is 2.47. The summed E-state index contributed by atoms with van der Waals surface area (Å²) in [7, 11) is 0. The minimum atomic E-state index is 0.164. The molecule has 0 spiro atoms. The third kappa shape index (κ3) is 4.60. The van der Waals surface area contributed by atoms with E-state index in [4.69, 9.17) is 4.42 Å². The molecule has 2 atom stereocenters. The van der Waals surface area contributed by atoms with Gasteiger partial charge in [-0.3, -0.25) is 4.79 Å². The van der Waals surface area contributed by atoms with E-state index in [2.05, 4.69) is 30.1 Å². The second kappa shape index (κ2) is 7.52. The van der Waals surface area contributed by atoms with Crippen molar-refractivity contribution in [3.63, 3.8) is 0 Å². The lowest BCUT2D eigenvalue weighted by atomic mass is 10.0. The van der Waals surface area contributed by atoms with Crippen molar-refractivity contribution >= 4 is 5.91 Å². The van der Waals surface area contributed by atoms with Crippen molar-refractivity contribution in [3.8, 4) is 0 Å². The van der Waals surface area contributed by atoms with Crippen molar-refractivity contribution in [2.75, 3.05) is 19.6 Å². The van der Waals surface area contributed by atoms with Crippen molar-refractivity contribution < 1.29 is 9.21 Å². The summed E-state index contributed by atoms with van der Waals surface area (Å²) < 4.78 is 5.87. The van der Waals surface area contributed by atoms with Crippen LogP contribution in [0.1, 0.15) is 63.4 Å². The molecule has 1 aromatic heterocycles. The first-order valence-electron chi connectivity index (χ1n) is 9.26. The number of rotatable bonds is 7. The number of hydrogen-bond donors (Lipinski definition) is 1. The van der Waals surface area contributed by atoms with Gasteiger partial charge in [0, 0.05) is 37.9 Å². The van der Waals surface area contributed by atoms with Crippen molar-refractivity contribution in [2.45, 2.75) is 64.3 Å². The average molecular weight is 318 g/mol. The first-order chi connectivity index (χ1) is 11.2. The predicted octanol–water partition coefficient (Wildman–Crippen LogP) is 3.33. The number of carbonyl (C=O) groups excluding carboxylic acids is 1. The van der Waals surface area contributed by atoms with Gasteiger partial charge in [-0.2, -0.15) is 0 Å². The molecule has 0 aromatic carbocycles. The molecule has 4 heteroatoms. The number of piperidine rings is 1. The lowest BCUT2D eigenvalue weighted by Gasteiger charge is -2.32. The van der Waals surface area contributed by atoms with Crippen LogP contribution < -0.4 is 5.32 Å². The van der Waals surface area contributed by atoms with Crippen LogP contribution in [0.2, 0.25) is 0 Å². The highest BCUT2D eigenvalue weighted by molar-refractivity contribution is 5.76. The number of furan rings is 1. The SMILES string of the molecule is CCCN1CCC(NC(=O)CCc2ccc([C@H]3C[C@@H]3C)o2)CC1. The van der Waals surface area contributed by atoms with Gasteiger partial charge in [-0.25, -0.2) is 0 Å². The van der Waals surface area contributed by atoms with Crippen LogP contribution in [-0.4, -0.2) is 36.5 Å². The van der Waals surface area contributed by atoms with Crippen molar-refractivity contribution in [1.29, 1.82) is 0 Å². The maximum atomic E-state index is 12.1. The van der Waals surface area contributed by atoms with Crippen molar-refractivity contribution in [1.82, 2.24) is 10.2 Å². The van der Waals surface area contributed by atoms with Crippen LogP contribution >= 0.6 is 0 Å².